The first-order valence-electron chi connectivity index (χ1n) is 5.67. The molecule has 3 nitrogen and oxygen atoms in total. The Morgan fingerprint density at radius 3 is 2.82 bits per heavy atom. The van der Waals surface area contributed by atoms with Crippen LogP contribution in [0.5, 0.6) is 5.75 Å². The molecule has 0 bridgehead atoms. The van der Waals surface area contributed by atoms with Gasteiger partial charge in [-0.05, 0) is 37.6 Å². The number of furan rings is 1. The van der Waals surface area contributed by atoms with Crippen molar-refractivity contribution in [3.05, 3.63) is 53.5 Å². The SMILES string of the molecule is CCOc1cccc(C(O)c2ccoc2C)c1. The summed E-state index contributed by atoms with van der Waals surface area (Å²) in [5.74, 6) is 1.50. The lowest BCUT2D eigenvalue weighted by Gasteiger charge is -2.11. The summed E-state index contributed by atoms with van der Waals surface area (Å²) >= 11 is 0. The molecule has 0 saturated heterocycles. The Morgan fingerprint density at radius 1 is 1.35 bits per heavy atom. The van der Waals surface area contributed by atoms with Crippen LogP contribution in [0.4, 0.5) is 0 Å². The van der Waals surface area contributed by atoms with Crippen LogP contribution in [0, 0.1) is 6.92 Å². The Kier molecular flexibility index (Phi) is 3.49. The Balaban J connectivity index is 2.28. The second kappa shape index (κ2) is 5.06. The fourth-order valence-electron chi connectivity index (χ4n) is 1.80. The first-order valence-corrected chi connectivity index (χ1v) is 5.67. The van der Waals surface area contributed by atoms with Crippen molar-refractivity contribution in [2.75, 3.05) is 6.61 Å². The number of ether oxygens (including phenoxy) is 1. The molecule has 1 N–H and O–H groups in total. The molecule has 0 amide bonds. The van der Waals surface area contributed by atoms with Crippen molar-refractivity contribution in [3.63, 3.8) is 0 Å². The fraction of sp³-hybridized carbons (Fsp3) is 0.286. The maximum atomic E-state index is 10.2. The zero-order valence-corrected chi connectivity index (χ0v) is 10.0. The topological polar surface area (TPSA) is 42.6 Å². The first kappa shape index (κ1) is 11.7. The average Bonchev–Trinajstić information content (AvgIpc) is 2.75. The van der Waals surface area contributed by atoms with Gasteiger partial charge in [-0.25, -0.2) is 0 Å². The van der Waals surface area contributed by atoms with Gasteiger partial charge in [0.25, 0.3) is 0 Å². The highest BCUT2D eigenvalue weighted by Crippen LogP contribution is 2.27. The molecule has 1 aromatic carbocycles. The number of hydrogen-bond acceptors (Lipinski definition) is 3. The minimum atomic E-state index is -0.672. The Hall–Kier alpha value is -1.74. The predicted molar refractivity (Wildman–Crippen MR) is 65.1 cm³/mol. The van der Waals surface area contributed by atoms with Crippen molar-refractivity contribution in [2.45, 2.75) is 20.0 Å². The molecule has 17 heavy (non-hydrogen) atoms. The molecule has 0 aliphatic carbocycles. The molecule has 0 spiro atoms. The van der Waals surface area contributed by atoms with Crippen molar-refractivity contribution in [3.8, 4) is 5.75 Å². The third-order valence-corrected chi connectivity index (χ3v) is 2.68. The van der Waals surface area contributed by atoms with E-state index < -0.39 is 6.10 Å². The molecule has 1 atom stereocenters. The van der Waals surface area contributed by atoms with Crippen LogP contribution in [-0.2, 0) is 0 Å². The summed E-state index contributed by atoms with van der Waals surface area (Å²) in [4.78, 5) is 0. The molecule has 2 aromatic rings. The van der Waals surface area contributed by atoms with Gasteiger partial charge in [0.15, 0.2) is 0 Å². The molecule has 0 saturated carbocycles. The largest absolute Gasteiger partial charge is 0.494 e. The maximum Gasteiger partial charge on any atom is 0.119 e. The summed E-state index contributed by atoms with van der Waals surface area (Å²) in [6, 6.07) is 9.26. The molecular formula is C14H16O3. The molecule has 1 unspecified atom stereocenters. The number of hydrogen-bond donors (Lipinski definition) is 1. The summed E-state index contributed by atoms with van der Waals surface area (Å²) in [5.41, 5.74) is 1.60. The van der Waals surface area contributed by atoms with Gasteiger partial charge in [0.2, 0.25) is 0 Å². The highest BCUT2D eigenvalue weighted by atomic mass is 16.5. The summed E-state index contributed by atoms with van der Waals surface area (Å²) in [6.07, 6.45) is 0.912. The fourth-order valence-corrected chi connectivity index (χ4v) is 1.80. The highest BCUT2D eigenvalue weighted by molar-refractivity contribution is 5.35. The lowest BCUT2D eigenvalue weighted by atomic mass is 10.0. The smallest absolute Gasteiger partial charge is 0.119 e. The molecule has 1 heterocycles. The van der Waals surface area contributed by atoms with Crippen LogP contribution in [0.15, 0.2) is 41.0 Å². The number of rotatable bonds is 4. The number of benzene rings is 1. The molecule has 3 heteroatoms. The Bertz CT molecular complexity index is 488. The molecule has 0 radical (unpaired) electrons. The van der Waals surface area contributed by atoms with Gasteiger partial charge in [-0.3, -0.25) is 0 Å². The Labute approximate surface area is 101 Å². The van der Waals surface area contributed by atoms with Crippen molar-refractivity contribution in [1.29, 1.82) is 0 Å². The second-order valence-electron chi connectivity index (χ2n) is 3.84. The maximum absolute atomic E-state index is 10.2. The summed E-state index contributed by atoms with van der Waals surface area (Å²) in [5, 5.41) is 10.2. The van der Waals surface area contributed by atoms with Crippen LogP contribution in [0.1, 0.15) is 29.9 Å². The van der Waals surface area contributed by atoms with Crippen LogP contribution in [0.3, 0.4) is 0 Å². The van der Waals surface area contributed by atoms with E-state index in [0.29, 0.717) is 6.61 Å². The molecule has 0 aliphatic heterocycles. The molecule has 0 aliphatic rings. The van der Waals surface area contributed by atoms with Crippen molar-refractivity contribution in [1.82, 2.24) is 0 Å². The summed E-state index contributed by atoms with van der Waals surface area (Å²) < 4.78 is 10.6. The third-order valence-electron chi connectivity index (χ3n) is 2.68. The van der Waals surface area contributed by atoms with Gasteiger partial charge in [-0.1, -0.05) is 12.1 Å². The standard InChI is InChI=1S/C14H16O3/c1-3-16-12-6-4-5-11(9-12)14(15)13-7-8-17-10(13)2/h4-9,14-15H,3H2,1-2H3. The van der Waals surface area contributed by atoms with Gasteiger partial charge in [0, 0.05) is 5.56 Å². The van der Waals surface area contributed by atoms with E-state index >= 15 is 0 Å². The second-order valence-corrected chi connectivity index (χ2v) is 3.84. The average molecular weight is 232 g/mol. The lowest BCUT2D eigenvalue weighted by Crippen LogP contribution is -2.00. The van der Waals surface area contributed by atoms with Gasteiger partial charge in [0.1, 0.15) is 17.6 Å². The van der Waals surface area contributed by atoms with E-state index in [0.717, 1.165) is 22.6 Å². The zero-order chi connectivity index (χ0) is 12.3. The summed E-state index contributed by atoms with van der Waals surface area (Å²) in [7, 11) is 0. The van der Waals surface area contributed by atoms with Gasteiger partial charge in [0.05, 0.1) is 12.9 Å². The van der Waals surface area contributed by atoms with Crippen molar-refractivity contribution < 1.29 is 14.3 Å². The number of aryl methyl sites for hydroxylation is 1. The lowest BCUT2D eigenvalue weighted by molar-refractivity contribution is 0.217. The normalized spacial score (nSPS) is 12.4. The molecule has 1 aromatic heterocycles. The van der Waals surface area contributed by atoms with E-state index in [1.165, 1.54) is 0 Å². The van der Waals surface area contributed by atoms with Crippen molar-refractivity contribution >= 4 is 0 Å². The highest BCUT2D eigenvalue weighted by Gasteiger charge is 2.15. The van der Waals surface area contributed by atoms with Crippen LogP contribution >= 0.6 is 0 Å². The van der Waals surface area contributed by atoms with Gasteiger partial charge in [-0.2, -0.15) is 0 Å². The zero-order valence-electron chi connectivity index (χ0n) is 10.0. The molecule has 0 fully saturated rings. The molecule has 2 rings (SSSR count). The first-order chi connectivity index (χ1) is 8.22. The third kappa shape index (κ3) is 2.50. The van der Waals surface area contributed by atoms with E-state index in [1.54, 1.807) is 12.3 Å². The van der Waals surface area contributed by atoms with Crippen LogP contribution < -0.4 is 4.74 Å². The molecular weight excluding hydrogens is 216 g/mol. The minimum Gasteiger partial charge on any atom is -0.494 e. The summed E-state index contributed by atoms with van der Waals surface area (Å²) in [6.45, 7) is 4.39. The van der Waals surface area contributed by atoms with Crippen LogP contribution in [0.2, 0.25) is 0 Å². The van der Waals surface area contributed by atoms with E-state index in [-0.39, 0.29) is 0 Å². The van der Waals surface area contributed by atoms with E-state index in [2.05, 4.69) is 0 Å². The van der Waals surface area contributed by atoms with Gasteiger partial charge < -0.3 is 14.3 Å². The van der Waals surface area contributed by atoms with E-state index in [9.17, 15) is 5.11 Å². The number of aliphatic hydroxyl groups excluding tert-OH is 1. The quantitative estimate of drug-likeness (QED) is 0.880. The minimum absolute atomic E-state index is 0.615. The van der Waals surface area contributed by atoms with E-state index in [4.69, 9.17) is 9.15 Å². The monoisotopic (exact) mass is 232 g/mol. The Morgan fingerprint density at radius 2 is 2.18 bits per heavy atom. The van der Waals surface area contributed by atoms with E-state index in [1.807, 2.05) is 38.1 Å². The van der Waals surface area contributed by atoms with Crippen LogP contribution in [0.25, 0.3) is 0 Å². The number of aliphatic hydroxyl groups is 1. The van der Waals surface area contributed by atoms with Crippen molar-refractivity contribution in [2.24, 2.45) is 0 Å². The van der Waals surface area contributed by atoms with Gasteiger partial charge in [-0.15, -0.1) is 0 Å². The van der Waals surface area contributed by atoms with Crippen LogP contribution in [-0.4, -0.2) is 11.7 Å². The molecule has 90 valence electrons. The van der Waals surface area contributed by atoms with Gasteiger partial charge >= 0.3 is 0 Å². The predicted octanol–water partition coefficient (Wildman–Crippen LogP) is 3.07.